The fraction of sp³-hybridized carbons (Fsp3) is 1.00. The van der Waals surface area contributed by atoms with Gasteiger partial charge in [0.2, 0.25) is 0 Å². The van der Waals surface area contributed by atoms with Crippen LogP contribution >= 0.6 is 12.6 Å². The number of nitrogens with zero attached hydrogens (tertiary/aromatic N) is 1. The quantitative estimate of drug-likeness (QED) is 0.706. The predicted octanol–water partition coefficient (Wildman–Crippen LogP) is 2.82. The van der Waals surface area contributed by atoms with Crippen LogP contribution in [-0.2, 0) is 0 Å². The summed E-state index contributed by atoms with van der Waals surface area (Å²) in [6.07, 6.45) is 5.57. The number of hydrogen-bond donors (Lipinski definition) is 1. The van der Waals surface area contributed by atoms with E-state index >= 15 is 0 Å². The normalized spacial score (nSPS) is 30.2. The van der Waals surface area contributed by atoms with Crippen LogP contribution in [0.25, 0.3) is 0 Å². The van der Waals surface area contributed by atoms with Crippen LogP contribution < -0.4 is 0 Å². The molecule has 0 aromatic heterocycles. The van der Waals surface area contributed by atoms with E-state index in [1.807, 2.05) is 0 Å². The minimum Gasteiger partial charge on any atom is -0.303 e. The molecule has 1 aliphatic heterocycles. The van der Waals surface area contributed by atoms with Gasteiger partial charge in [0.15, 0.2) is 0 Å². The van der Waals surface area contributed by atoms with Gasteiger partial charge in [-0.25, -0.2) is 0 Å². The van der Waals surface area contributed by atoms with Crippen LogP contribution in [0.15, 0.2) is 0 Å². The molecular formula is C12H23NS. The summed E-state index contributed by atoms with van der Waals surface area (Å²) in [5, 5.41) is 0. The summed E-state index contributed by atoms with van der Waals surface area (Å²) in [5.41, 5.74) is 1.21. The summed E-state index contributed by atoms with van der Waals surface area (Å²) in [7, 11) is 0. The van der Waals surface area contributed by atoms with Crippen molar-refractivity contribution in [3.8, 4) is 0 Å². The summed E-state index contributed by atoms with van der Waals surface area (Å²) in [6, 6.07) is 0. The van der Waals surface area contributed by atoms with Crippen LogP contribution in [0.2, 0.25) is 0 Å². The van der Waals surface area contributed by atoms with E-state index < -0.39 is 0 Å². The molecule has 1 aliphatic carbocycles. The third-order valence-electron chi connectivity index (χ3n) is 4.06. The van der Waals surface area contributed by atoms with Crippen molar-refractivity contribution in [2.24, 2.45) is 10.8 Å². The highest BCUT2D eigenvalue weighted by Gasteiger charge is 2.43. The topological polar surface area (TPSA) is 3.24 Å². The highest BCUT2D eigenvalue weighted by Crippen LogP contribution is 2.47. The van der Waals surface area contributed by atoms with E-state index in [4.69, 9.17) is 0 Å². The van der Waals surface area contributed by atoms with Gasteiger partial charge < -0.3 is 4.90 Å². The largest absolute Gasteiger partial charge is 0.303 e. The number of hydrogen-bond acceptors (Lipinski definition) is 2. The molecule has 0 aromatic carbocycles. The fourth-order valence-electron chi connectivity index (χ4n) is 2.33. The van der Waals surface area contributed by atoms with Crippen molar-refractivity contribution in [3.63, 3.8) is 0 Å². The number of thiol groups is 1. The standard InChI is InChI=1S/C12H23NS/c1-11(2)5-7-13(8-6-11)9-12(10-14)3-4-12/h14H,3-10H2,1-2H3. The van der Waals surface area contributed by atoms with Crippen molar-refractivity contribution in [2.45, 2.75) is 39.5 Å². The summed E-state index contributed by atoms with van der Waals surface area (Å²) >= 11 is 4.47. The molecule has 2 fully saturated rings. The Bertz CT molecular complexity index is 198. The van der Waals surface area contributed by atoms with Gasteiger partial charge in [0.25, 0.3) is 0 Å². The monoisotopic (exact) mass is 213 g/mol. The van der Waals surface area contributed by atoms with Crippen molar-refractivity contribution in [1.29, 1.82) is 0 Å². The van der Waals surface area contributed by atoms with Crippen molar-refractivity contribution < 1.29 is 0 Å². The van der Waals surface area contributed by atoms with Gasteiger partial charge >= 0.3 is 0 Å². The summed E-state index contributed by atoms with van der Waals surface area (Å²) in [6.45, 7) is 8.73. The van der Waals surface area contributed by atoms with E-state index in [1.54, 1.807) is 0 Å². The number of likely N-dealkylation sites (tertiary alicyclic amines) is 1. The molecule has 0 aromatic rings. The van der Waals surface area contributed by atoms with E-state index in [0.717, 1.165) is 5.75 Å². The SMILES string of the molecule is CC1(C)CCN(CC2(CS)CC2)CC1. The van der Waals surface area contributed by atoms with Crippen LogP contribution in [0.1, 0.15) is 39.5 Å². The number of piperidine rings is 1. The first-order valence-corrected chi connectivity index (χ1v) is 6.52. The highest BCUT2D eigenvalue weighted by atomic mass is 32.1. The summed E-state index contributed by atoms with van der Waals surface area (Å²) in [5.74, 6) is 1.09. The molecule has 2 heteroatoms. The van der Waals surface area contributed by atoms with Gasteiger partial charge in [0, 0.05) is 6.54 Å². The average molecular weight is 213 g/mol. The Morgan fingerprint density at radius 1 is 1.07 bits per heavy atom. The molecule has 2 aliphatic rings. The van der Waals surface area contributed by atoms with Crippen molar-refractivity contribution >= 4 is 12.6 Å². The minimum atomic E-state index is 0.591. The Labute approximate surface area is 93.7 Å². The fourth-order valence-corrected chi connectivity index (χ4v) is 2.75. The van der Waals surface area contributed by atoms with E-state index in [-0.39, 0.29) is 0 Å². The molecule has 0 bridgehead atoms. The van der Waals surface area contributed by atoms with Gasteiger partial charge in [-0.2, -0.15) is 12.6 Å². The molecule has 0 radical (unpaired) electrons. The first-order chi connectivity index (χ1) is 6.55. The zero-order valence-electron chi connectivity index (χ0n) is 9.55. The smallest absolute Gasteiger partial charge is 0.00458 e. The van der Waals surface area contributed by atoms with Crippen LogP contribution in [0.3, 0.4) is 0 Å². The molecular weight excluding hydrogens is 190 g/mol. The van der Waals surface area contributed by atoms with E-state index in [9.17, 15) is 0 Å². The maximum atomic E-state index is 4.47. The summed E-state index contributed by atoms with van der Waals surface area (Å²) < 4.78 is 0. The average Bonchev–Trinajstić information content (AvgIpc) is 2.90. The maximum Gasteiger partial charge on any atom is 0.00458 e. The van der Waals surface area contributed by atoms with Crippen LogP contribution in [0.4, 0.5) is 0 Å². The second-order valence-corrected chi connectivity index (χ2v) is 6.41. The van der Waals surface area contributed by atoms with Crippen molar-refractivity contribution in [3.05, 3.63) is 0 Å². The maximum absolute atomic E-state index is 4.47. The van der Waals surface area contributed by atoms with E-state index in [0.29, 0.717) is 10.8 Å². The lowest BCUT2D eigenvalue weighted by Gasteiger charge is -2.38. The zero-order chi connectivity index (χ0) is 10.2. The molecule has 0 amide bonds. The molecule has 1 heterocycles. The van der Waals surface area contributed by atoms with Crippen LogP contribution in [0, 0.1) is 10.8 Å². The van der Waals surface area contributed by atoms with Crippen molar-refractivity contribution in [2.75, 3.05) is 25.4 Å². The molecule has 14 heavy (non-hydrogen) atoms. The number of rotatable bonds is 3. The van der Waals surface area contributed by atoms with Gasteiger partial charge in [0.05, 0.1) is 0 Å². The highest BCUT2D eigenvalue weighted by molar-refractivity contribution is 7.80. The Hall–Kier alpha value is 0.310. The molecule has 0 spiro atoms. The zero-order valence-corrected chi connectivity index (χ0v) is 10.4. The van der Waals surface area contributed by atoms with Crippen molar-refractivity contribution in [1.82, 2.24) is 4.90 Å². The van der Waals surface area contributed by atoms with Gasteiger partial charge in [-0.3, -0.25) is 0 Å². The Morgan fingerprint density at radius 3 is 2.07 bits per heavy atom. The second kappa shape index (κ2) is 3.71. The Kier molecular flexibility index (Phi) is 2.87. The van der Waals surface area contributed by atoms with Gasteiger partial charge in [-0.1, -0.05) is 13.8 Å². The lowest BCUT2D eigenvalue weighted by molar-refractivity contribution is 0.116. The molecule has 1 nitrogen and oxygen atoms in total. The minimum absolute atomic E-state index is 0.591. The predicted molar refractivity (Wildman–Crippen MR) is 65.0 cm³/mol. The second-order valence-electron chi connectivity index (χ2n) is 6.10. The molecule has 82 valence electrons. The third-order valence-corrected chi connectivity index (χ3v) is 4.73. The molecule has 0 N–H and O–H groups in total. The van der Waals surface area contributed by atoms with Crippen LogP contribution in [-0.4, -0.2) is 30.3 Å². The molecule has 0 unspecified atom stereocenters. The summed E-state index contributed by atoms with van der Waals surface area (Å²) in [4.78, 5) is 2.66. The molecule has 1 saturated carbocycles. The molecule has 0 atom stereocenters. The lowest BCUT2D eigenvalue weighted by Crippen LogP contribution is -2.40. The third kappa shape index (κ3) is 2.46. The van der Waals surface area contributed by atoms with Crippen LogP contribution in [0.5, 0.6) is 0 Å². The first kappa shape index (κ1) is 10.8. The van der Waals surface area contributed by atoms with Gasteiger partial charge in [0.1, 0.15) is 0 Å². The van der Waals surface area contributed by atoms with E-state index in [2.05, 4.69) is 31.4 Å². The first-order valence-electron chi connectivity index (χ1n) is 5.89. The molecule has 2 rings (SSSR count). The van der Waals surface area contributed by atoms with Gasteiger partial charge in [-0.15, -0.1) is 0 Å². The lowest BCUT2D eigenvalue weighted by atomic mass is 9.82. The van der Waals surface area contributed by atoms with Gasteiger partial charge in [-0.05, 0) is 55.4 Å². The molecule has 1 saturated heterocycles. The Balaban J connectivity index is 1.79. The van der Waals surface area contributed by atoms with E-state index in [1.165, 1.54) is 45.3 Å². The Morgan fingerprint density at radius 2 is 1.64 bits per heavy atom.